The zero-order chi connectivity index (χ0) is 43.0. The van der Waals surface area contributed by atoms with Crippen LogP contribution >= 0.6 is 12.0 Å². The number of hydroxylamine groups is 2. The van der Waals surface area contributed by atoms with Gasteiger partial charge in [-0.05, 0) is 81.5 Å². The molecule has 59 heavy (non-hydrogen) atoms. The third kappa shape index (κ3) is 10.8. The molecule has 0 unspecified atom stereocenters. The van der Waals surface area contributed by atoms with Crippen molar-refractivity contribution in [2.24, 2.45) is 0 Å². The van der Waals surface area contributed by atoms with Gasteiger partial charge in [0.05, 0.1) is 22.4 Å². The minimum atomic E-state index is -4.66. The number of hydrogen-bond donors (Lipinski definition) is 1. The average Bonchev–Trinajstić information content (AvgIpc) is 3.70. The summed E-state index contributed by atoms with van der Waals surface area (Å²) >= 11 is 0.818. The van der Waals surface area contributed by atoms with Crippen LogP contribution in [0.15, 0.2) is 82.3 Å². The first-order chi connectivity index (χ1) is 28.0. The third-order valence-corrected chi connectivity index (χ3v) is 12.3. The Hall–Kier alpha value is -4.65. The summed E-state index contributed by atoms with van der Waals surface area (Å²) in [6, 6.07) is 10.3. The second-order valence-electron chi connectivity index (χ2n) is 15.6. The van der Waals surface area contributed by atoms with Gasteiger partial charge in [-0.15, -0.1) is 5.06 Å². The third-order valence-electron chi connectivity index (χ3n) is 10.9. The molecule has 1 saturated heterocycles. The van der Waals surface area contributed by atoms with Gasteiger partial charge < -0.3 is 24.9 Å². The van der Waals surface area contributed by atoms with Crippen LogP contribution in [0.3, 0.4) is 0 Å². The summed E-state index contributed by atoms with van der Waals surface area (Å²) in [7, 11) is -3.04. The minimum absolute atomic E-state index is 0.00834. The van der Waals surface area contributed by atoms with Gasteiger partial charge in [-0.3, -0.25) is 19.4 Å². The molecule has 0 radical (unpaired) electrons. The Morgan fingerprint density at radius 3 is 2.31 bits per heavy atom. The first kappa shape index (κ1) is 45.4. The predicted octanol–water partition coefficient (Wildman–Crippen LogP) is 5.47. The largest absolute Gasteiger partial charge is 0.744 e. The highest BCUT2D eigenvalue weighted by Gasteiger charge is 2.44. The molecule has 3 aliphatic rings. The number of carbonyl (C=O) groups excluding carboxylic acids is 4. The number of unbranched alkanes of at least 4 members (excludes halogenated alkanes) is 4. The molecule has 5 rings (SSSR count). The van der Waals surface area contributed by atoms with Gasteiger partial charge in [0, 0.05) is 85.1 Å². The standard InChI is InChI=1S/C42H52N4O11S2/c1-41(2)31-27-29(58-57-56-51)19-21-33(31)44(26-14-8-12-18-40(50)55-46-38(48)23-24-39(46)49)35(41)15-9-6-10-16-36-42(3,4)32-28-30(59(52,53)54)20-22-34(32)45(36)25-13-7-11-17-37(47)43-5/h6,9-10,15-16,19-22,27-28H,7-8,11-14,17-18,23-26H2,1-5H3,(H2-,43,47,51,52,53,54)/p-1. The fourth-order valence-electron chi connectivity index (χ4n) is 7.79. The maximum Gasteiger partial charge on any atom is 0.333 e. The maximum absolute atomic E-state index is 12.3. The molecule has 0 saturated carbocycles. The van der Waals surface area contributed by atoms with Crippen LogP contribution in [0.5, 0.6) is 0 Å². The maximum atomic E-state index is 12.3. The van der Waals surface area contributed by atoms with Crippen molar-refractivity contribution < 1.29 is 56.2 Å². The van der Waals surface area contributed by atoms with E-state index in [1.807, 2.05) is 62.4 Å². The Labute approximate surface area is 349 Å². The molecule has 1 N–H and O–H groups in total. The Morgan fingerprint density at radius 1 is 0.898 bits per heavy atom. The van der Waals surface area contributed by atoms with E-state index in [2.05, 4.69) is 38.0 Å². The highest BCUT2D eigenvalue weighted by atomic mass is 32.2. The van der Waals surface area contributed by atoms with Crippen LogP contribution < -0.4 is 15.5 Å². The number of anilines is 1. The topological polar surface area (TPSA) is 198 Å². The molecule has 3 amide bonds. The smallest absolute Gasteiger partial charge is 0.333 e. The van der Waals surface area contributed by atoms with Gasteiger partial charge in [0.2, 0.25) is 11.6 Å². The number of carbonyl (C=O) groups is 4. The summed E-state index contributed by atoms with van der Waals surface area (Å²) in [6.07, 6.45) is 14.7. The number of fused-ring (bicyclic) bond motifs is 2. The van der Waals surface area contributed by atoms with E-state index in [1.165, 1.54) is 12.1 Å². The summed E-state index contributed by atoms with van der Waals surface area (Å²) < 4.78 is 42.7. The quantitative estimate of drug-likeness (QED) is 0.0258. The van der Waals surface area contributed by atoms with Crippen LogP contribution in [0.25, 0.3) is 0 Å². The lowest BCUT2D eigenvalue weighted by Crippen LogP contribution is -2.31. The highest BCUT2D eigenvalue weighted by Crippen LogP contribution is 2.49. The monoisotopic (exact) mass is 851 g/mol. The van der Waals surface area contributed by atoms with Crippen LogP contribution in [0.2, 0.25) is 0 Å². The van der Waals surface area contributed by atoms with Crippen molar-refractivity contribution in [2.45, 2.75) is 113 Å². The van der Waals surface area contributed by atoms with Gasteiger partial charge in [-0.1, -0.05) is 38.5 Å². The number of nitrogens with one attached hydrogen (secondary N) is 1. The van der Waals surface area contributed by atoms with E-state index in [0.717, 1.165) is 71.6 Å². The lowest BCUT2D eigenvalue weighted by Gasteiger charge is -2.27. The first-order valence-electron chi connectivity index (χ1n) is 19.6. The van der Waals surface area contributed by atoms with Crippen molar-refractivity contribution in [2.75, 3.05) is 25.0 Å². The molecular weight excluding hydrogens is 801 g/mol. The Bertz CT molecular complexity index is 2160. The van der Waals surface area contributed by atoms with Crippen molar-refractivity contribution >= 4 is 62.9 Å². The number of rotatable bonds is 20. The van der Waals surface area contributed by atoms with Crippen molar-refractivity contribution in [3.8, 4) is 0 Å². The zero-order valence-electron chi connectivity index (χ0n) is 34.0. The normalized spacial score (nSPS) is 17.8. The number of amides is 3. The van der Waals surface area contributed by atoms with Crippen LogP contribution in [0.1, 0.15) is 103 Å². The highest BCUT2D eigenvalue weighted by molar-refractivity contribution is 7.94. The van der Waals surface area contributed by atoms with Crippen molar-refractivity contribution in [3.05, 3.63) is 83.6 Å². The lowest BCUT2D eigenvalue weighted by molar-refractivity contribution is -0.777. The molecule has 0 atom stereocenters. The van der Waals surface area contributed by atoms with E-state index in [0.29, 0.717) is 42.3 Å². The van der Waals surface area contributed by atoms with E-state index in [4.69, 9.17) is 4.84 Å². The summed E-state index contributed by atoms with van der Waals surface area (Å²) in [4.78, 5) is 55.3. The number of allylic oxidation sites excluding steroid dienone is 6. The van der Waals surface area contributed by atoms with Gasteiger partial charge in [0.25, 0.3) is 11.8 Å². The molecule has 3 aliphatic heterocycles. The van der Waals surface area contributed by atoms with Gasteiger partial charge >= 0.3 is 5.97 Å². The van der Waals surface area contributed by atoms with Gasteiger partial charge in [-0.2, -0.15) is 8.91 Å². The molecule has 0 bridgehead atoms. The molecule has 2 aromatic carbocycles. The Morgan fingerprint density at radius 2 is 1.61 bits per heavy atom. The summed E-state index contributed by atoms with van der Waals surface area (Å²) in [6.45, 7) is 9.47. The first-order valence-corrected chi connectivity index (χ1v) is 21.8. The summed E-state index contributed by atoms with van der Waals surface area (Å²) in [5.41, 5.74) is 4.43. The van der Waals surface area contributed by atoms with Crippen molar-refractivity contribution in [3.63, 3.8) is 0 Å². The molecular formula is C42H51N4O11S2-. The van der Waals surface area contributed by atoms with Crippen LogP contribution in [0.4, 0.5) is 11.4 Å². The molecule has 17 heteroatoms. The average molecular weight is 852 g/mol. The van der Waals surface area contributed by atoms with Gasteiger partial charge in [0.1, 0.15) is 16.7 Å². The van der Waals surface area contributed by atoms with Gasteiger partial charge in [0.15, 0.2) is 5.71 Å². The molecule has 1 fully saturated rings. The summed E-state index contributed by atoms with van der Waals surface area (Å²) in [5.74, 6) is -1.66. The van der Waals surface area contributed by atoms with Crippen molar-refractivity contribution in [1.82, 2.24) is 10.4 Å². The fraction of sp³-hybridized carbons (Fsp3) is 0.452. The second kappa shape index (κ2) is 19.6. The molecule has 0 spiro atoms. The number of benzene rings is 2. The minimum Gasteiger partial charge on any atom is -0.744 e. The predicted molar refractivity (Wildman–Crippen MR) is 217 cm³/mol. The molecule has 0 aromatic heterocycles. The SMILES string of the molecule is CNC(=O)CCCCCN1C(=CC=CC=CC2=[N+](CCCCCC(=O)ON3C(=O)CCC3=O)c3ccc(SOO[O-])cc3C2(C)C)C(C)(C)c2cc(S(=O)(=O)[O-])ccc21. The second-order valence-corrected chi connectivity index (χ2v) is 17.8. The molecule has 3 heterocycles. The Balaban J connectivity index is 1.35. The van der Waals surface area contributed by atoms with E-state index < -0.39 is 38.7 Å². The number of nitrogens with zero attached hydrogens (tertiary/aromatic N) is 3. The van der Waals surface area contributed by atoms with E-state index in [9.17, 15) is 37.4 Å². The van der Waals surface area contributed by atoms with Crippen LogP contribution in [-0.2, 0) is 54.3 Å². The van der Waals surface area contributed by atoms with E-state index >= 15 is 0 Å². The lowest BCUT2D eigenvalue weighted by atomic mass is 9.81. The van der Waals surface area contributed by atoms with Gasteiger partial charge in [-0.25, -0.2) is 13.2 Å². The van der Waals surface area contributed by atoms with Crippen LogP contribution in [-0.4, -0.2) is 72.1 Å². The summed E-state index contributed by atoms with van der Waals surface area (Å²) in [5, 5.41) is 17.3. The van der Waals surface area contributed by atoms with Crippen molar-refractivity contribution in [1.29, 1.82) is 0 Å². The van der Waals surface area contributed by atoms with Crippen LogP contribution in [0, 0.1) is 0 Å². The van der Waals surface area contributed by atoms with E-state index in [-0.39, 0.29) is 30.1 Å². The molecule has 0 aliphatic carbocycles. The zero-order valence-corrected chi connectivity index (χ0v) is 35.6. The number of hydrogen-bond acceptors (Lipinski definition) is 13. The fourth-order valence-corrected chi connectivity index (χ4v) is 8.68. The Kier molecular flexibility index (Phi) is 15.1. The number of imide groups is 1. The molecule has 318 valence electrons. The van der Waals surface area contributed by atoms with E-state index in [1.54, 1.807) is 13.1 Å². The molecule has 15 nitrogen and oxygen atoms in total. The molecule has 2 aromatic rings.